The van der Waals surface area contributed by atoms with Gasteiger partial charge < -0.3 is 10.6 Å². The molecule has 1 aromatic carbocycles. The van der Waals surface area contributed by atoms with Crippen molar-refractivity contribution in [3.63, 3.8) is 0 Å². The maximum Gasteiger partial charge on any atom is 0.191 e. The maximum absolute atomic E-state index is 13.7. The van der Waals surface area contributed by atoms with Gasteiger partial charge in [0.05, 0.1) is 0 Å². The van der Waals surface area contributed by atoms with Gasteiger partial charge in [-0.05, 0) is 30.4 Å². The predicted octanol–water partition coefficient (Wildman–Crippen LogP) is 3.11. The third-order valence-electron chi connectivity index (χ3n) is 4.13. The van der Waals surface area contributed by atoms with Crippen LogP contribution in [0.2, 0.25) is 0 Å². The van der Waals surface area contributed by atoms with Crippen molar-refractivity contribution in [1.29, 1.82) is 0 Å². The number of likely N-dealkylation sites (tertiary alicyclic amines) is 1. The Kier molecular flexibility index (Phi) is 5.15. The van der Waals surface area contributed by atoms with Gasteiger partial charge in [-0.1, -0.05) is 19.9 Å². The Hall–Kier alpha value is -1.65. The molecule has 0 saturated carbocycles. The van der Waals surface area contributed by atoms with Crippen LogP contribution < -0.4 is 5.73 Å². The fraction of sp³-hybridized carbons (Fsp3) is 0.562. The Balaban J connectivity index is 1.96. The highest BCUT2D eigenvalue weighted by Crippen LogP contribution is 2.20. The second-order valence-electron chi connectivity index (χ2n) is 5.94. The van der Waals surface area contributed by atoms with Crippen molar-refractivity contribution >= 4 is 5.96 Å². The Morgan fingerprint density at radius 2 is 2.05 bits per heavy atom. The lowest BCUT2D eigenvalue weighted by atomic mass is 9.99. The van der Waals surface area contributed by atoms with Gasteiger partial charge in [-0.3, -0.25) is 4.99 Å². The normalized spacial score (nSPS) is 18.9. The number of hydrogen-bond donors (Lipinski definition) is 1. The molecule has 0 bridgehead atoms. The zero-order valence-electron chi connectivity index (χ0n) is 12.6. The van der Waals surface area contributed by atoms with Gasteiger partial charge >= 0.3 is 0 Å². The van der Waals surface area contributed by atoms with E-state index in [0.29, 0.717) is 18.1 Å². The van der Waals surface area contributed by atoms with E-state index in [2.05, 4.69) is 16.8 Å². The number of nitrogens with two attached hydrogens (primary N) is 1. The van der Waals surface area contributed by atoms with Crippen LogP contribution in [0, 0.1) is 17.6 Å². The first kappa shape index (κ1) is 15.7. The molecule has 1 aromatic rings. The lowest BCUT2D eigenvalue weighted by molar-refractivity contribution is 0.277. The van der Waals surface area contributed by atoms with Gasteiger partial charge in [0.25, 0.3) is 0 Å². The van der Waals surface area contributed by atoms with Crippen LogP contribution in [0.25, 0.3) is 0 Å². The number of hydrogen-bond acceptors (Lipinski definition) is 1. The molecule has 0 aliphatic carbocycles. The molecule has 0 spiro atoms. The van der Waals surface area contributed by atoms with Gasteiger partial charge in [0.2, 0.25) is 0 Å². The summed E-state index contributed by atoms with van der Waals surface area (Å²) in [6.07, 6.45) is 2.25. The van der Waals surface area contributed by atoms with Gasteiger partial charge in [-0.2, -0.15) is 0 Å². The molecule has 21 heavy (non-hydrogen) atoms. The Labute approximate surface area is 124 Å². The van der Waals surface area contributed by atoms with E-state index in [9.17, 15) is 8.78 Å². The Morgan fingerprint density at radius 3 is 2.67 bits per heavy atom. The minimum absolute atomic E-state index is 0.132. The molecule has 1 unspecified atom stereocenters. The molecular formula is C16H23F2N3. The summed E-state index contributed by atoms with van der Waals surface area (Å²) in [7, 11) is 0. The summed E-state index contributed by atoms with van der Waals surface area (Å²) in [5.41, 5.74) is 6.48. The lowest BCUT2D eigenvalue weighted by Gasteiger charge is -2.31. The highest BCUT2D eigenvalue weighted by Gasteiger charge is 2.17. The van der Waals surface area contributed by atoms with Crippen LogP contribution in [0.3, 0.4) is 0 Å². The first-order chi connectivity index (χ1) is 9.97. The summed E-state index contributed by atoms with van der Waals surface area (Å²) >= 11 is 0. The van der Waals surface area contributed by atoms with Crippen molar-refractivity contribution in [3.05, 3.63) is 35.4 Å². The molecule has 0 amide bonds. The summed E-state index contributed by atoms with van der Waals surface area (Å²) in [6, 6.07) is 3.66. The van der Waals surface area contributed by atoms with Crippen molar-refractivity contribution in [3.8, 4) is 0 Å². The van der Waals surface area contributed by atoms with Crippen molar-refractivity contribution in [2.24, 2.45) is 16.6 Å². The molecule has 1 atom stereocenters. The quantitative estimate of drug-likeness (QED) is 0.687. The first-order valence-corrected chi connectivity index (χ1v) is 7.47. The standard InChI is InChI=1S/C16H23F2N3/c1-11-5-7-21(8-6-11)16(19)20-10-12(2)14-4-3-13(17)9-15(14)18/h3-4,9,11-12H,5-8,10H2,1-2H3,(H2,19,20). The predicted molar refractivity (Wildman–Crippen MR) is 81.2 cm³/mol. The number of rotatable bonds is 3. The average molecular weight is 295 g/mol. The van der Waals surface area contributed by atoms with Crippen molar-refractivity contribution < 1.29 is 8.78 Å². The Bertz CT molecular complexity index is 508. The molecular weight excluding hydrogens is 272 g/mol. The molecule has 1 aliphatic heterocycles. The molecule has 1 aliphatic rings. The molecule has 116 valence electrons. The number of nitrogens with zero attached hydrogens (tertiary/aromatic N) is 2. The smallest absolute Gasteiger partial charge is 0.191 e. The molecule has 5 heteroatoms. The summed E-state index contributed by atoms with van der Waals surface area (Å²) in [5.74, 6) is 0.0439. The molecule has 3 nitrogen and oxygen atoms in total. The van der Waals surface area contributed by atoms with Gasteiger partial charge in [0, 0.05) is 31.6 Å². The van der Waals surface area contributed by atoms with Gasteiger partial charge in [-0.25, -0.2) is 8.78 Å². The average Bonchev–Trinajstić information content (AvgIpc) is 2.45. The number of aliphatic imine (C=N–C) groups is 1. The van der Waals surface area contributed by atoms with Gasteiger partial charge in [0.15, 0.2) is 5.96 Å². The molecule has 0 aromatic heterocycles. The van der Waals surface area contributed by atoms with Crippen LogP contribution in [0.4, 0.5) is 8.78 Å². The SMILES string of the molecule is CC1CCN(C(N)=NCC(C)c2ccc(F)cc2F)CC1. The highest BCUT2D eigenvalue weighted by molar-refractivity contribution is 5.78. The fourth-order valence-electron chi connectivity index (χ4n) is 2.57. The van der Waals surface area contributed by atoms with E-state index >= 15 is 0 Å². The van der Waals surface area contributed by atoms with Crippen LogP contribution in [-0.4, -0.2) is 30.5 Å². The zero-order chi connectivity index (χ0) is 15.4. The molecule has 1 heterocycles. The lowest BCUT2D eigenvalue weighted by Crippen LogP contribution is -2.42. The van der Waals surface area contributed by atoms with Crippen LogP contribution >= 0.6 is 0 Å². The number of benzene rings is 1. The monoisotopic (exact) mass is 295 g/mol. The third kappa shape index (κ3) is 4.16. The van der Waals surface area contributed by atoms with E-state index in [4.69, 9.17) is 5.73 Å². The molecule has 2 rings (SSSR count). The van der Waals surface area contributed by atoms with Crippen molar-refractivity contribution in [1.82, 2.24) is 4.90 Å². The highest BCUT2D eigenvalue weighted by atomic mass is 19.1. The fourth-order valence-corrected chi connectivity index (χ4v) is 2.57. The minimum atomic E-state index is -0.561. The van der Waals surface area contributed by atoms with E-state index in [-0.39, 0.29) is 5.92 Å². The van der Waals surface area contributed by atoms with Crippen LogP contribution in [0.15, 0.2) is 23.2 Å². The van der Waals surface area contributed by atoms with Crippen LogP contribution in [0.5, 0.6) is 0 Å². The van der Waals surface area contributed by atoms with Gasteiger partial charge in [-0.15, -0.1) is 0 Å². The molecule has 2 N–H and O–H groups in total. The molecule has 0 radical (unpaired) electrons. The van der Waals surface area contributed by atoms with Crippen molar-refractivity contribution in [2.75, 3.05) is 19.6 Å². The second-order valence-corrected chi connectivity index (χ2v) is 5.94. The second kappa shape index (κ2) is 6.87. The largest absolute Gasteiger partial charge is 0.370 e. The maximum atomic E-state index is 13.7. The van der Waals surface area contributed by atoms with E-state index < -0.39 is 11.6 Å². The number of halogens is 2. The van der Waals surface area contributed by atoms with E-state index in [1.807, 2.05) is 6.92 Å². The topological polar surface area (TPSA) is 41.6 Å². The van der Waals surface area contributed by atoms with Gasteiger partial charge in [0.1, 0.15) is 11.6 Å². The van der Waals surface area contributed by atoms with E-state index in [1.165, 1.54) is 12.1 Å². The Morgan fingerprint density at radius 1 is 1.38 bits per heavy atom. The first-order valence-electron chi connectivity index (χ1n) is 7.47. The molecule has 1 fully saturated rings. The zero-order valence-corrected chi connectivity index (χ0v) is 12.6. The minimum Gasteiger partial charge on any atom is -0.370 e. The summed E-state index contributed by atoms with van der Waals surface area (Å²) in [4.78, 5) is 6.45. The third-order valence-corrected chi connectivity index (χ3v) is 4.13. The summed E-state index contributed by atoms with van der Waals surface area (Å²) < 4.78 is 26.6. The van der Waals surface area contributed by atoms with Crippen molar-refractivity contribution in [2.45, 2.75) is 32.6 Å². The summed E-state index contributed by atoms with van der Waals surface area (Å²) in [5, 5.41) is 0. The number of piperidine rings is 1. The van der Waals surface area contributed by atoms with E-state index in [0.717, 1.165) is 37.9 Å². The summed E-state index contributed by atoms with van der Waals surface area (Å²) in [6.45, 7) is 6.36. The van der Waals surface area contributed by atoms with E-state index in [1.54, 1.807) is 0 Å². The number of guanidine groups is 1. The molecule has 1 saturated heterocycles. The van der Waals surface area contributed by atoms with Crippen LogP contribution in [0.1, 0.15) is 38.2 Å². The van der Waals surface area contributed by atoms with Crippen LogP contribution in [-0.2, 0) is 0 Å².